The second kappa shape index (κ2) is 8.82. The molecule has 0 aliphatic heterocycles. The van der Waals surface area contributed by atoms with Crippen LogP contribution in [0.15, 0.2) is 10.3 Å². The van der Waals surface area contributed by atoms with Crippen LogP contribution < -0.4 is 10.0 Å². The van der Waals surface area contributed by atoms with E-state index < -0.39 is 10.0 Å². The molecule has 0 aliphatic rings. The van der Waals surface area contributed by atoms with Crippen LogP contribution in [0.25, 0.3) is 0 Å². The zero-order valence-electron chi connectivity index (χ0n) is 13.1. The molecule has 1 aromatic rings. The molecule has 1 rings (SSSR count). The Balaban J connectivity index is 2.55. The minimum Gasteiger partial charge on any atom is -0.383 e. The van der Waals surface area contributed by atoms with E-state index in [1.54, 1.807) is 13.2 Å². The number of hydrogen-bond donors (Lipinski definition) is 2. The van der Waals surface area contributed by atoms with Gasteiger partial charge in [-0.1, -0.05) is 0 Å². The number of thiophene rings is 1. The van der Waals surface area contributed by atoms with Crippen molar-refractivity contribution in [1.82, 2.24) is 14.9 Å². The van der Waals surface area contributed by atoms with Crippen molar-refractivity contribution in [1.29, 1.82) is 0 Å². The number of rotatable bonds is 10. The van der Waals surface area contributed by atoms with Gasteiger partial charge < -0.3 is 15.0 Å². The van der Waals surface area contributed by atoms with Crippen LogP contribution in [0.4, 0.5) is 0 Å². The quantitative estimate of drug-likeness (QED) is 0.656. The van der Waals surface area contributed by atoms with Gasteiger partial charge in [-0.05, 0) is 32.6 Å². The molecule has 0 spiro atoms. The fourth-order valence-corrected chi connectivity index (χ4v) is 4.42. The molecule has 8 heteroatoms. The van der Waals surface area contributed by atoms with Crippen molar-refractivity contribution in [2.45, 2.75) is 17.7 Å². The van der Waals surface area contributed by atoms with Gasteiger partial charge in [0.15, 0.2) is 0 Å². The highest BCUT2D eigenvalue weighted by Gasteiger charge is 2.18. The molecule has 0 saturated carbocycles. The lowest BCUT2D eigenvalue weighted by Gasteiger charge is -2.15. The molecule has 2 N–H and O–H groups in total. The van der Waals surface area contributed by atoms with Crippen molar-refractivity contribution in [3.05, 3.63) is 16.5 Å². The Kier molecular flexibility index (Phi) is 7.78. The average Bonchev–Trinajstić information content (AvgIpc) is 2.79. The van der Waals surface area contributed by atoms with Gasteiger partial charge in [0.2, 0.25) is 10.0 Å². The summed E-state index contributed by atoms with van der Waals surface area (Å²) >= 11 is 1.32. The van der Waals surface area contributed by atoms with Crippen LogP contribution in [-0.4, -0.2) is 60.8 Å². The van der Waals surface area contributed by atoms with Gasteiger partial charge in [-0.3, -0.25) is 0 Å². The summed E-state index contributed by atoms with van der Waals surface area (Å²) in [4.78, 5) is 3.08. The van der Waals surface area contributed by atoms with Gasteiger partial charge in [0.1, 0.15) is 4.21 Å². The fourth-order valence-electron chi connectivity index (χ4n) is 1.76. The minimum absolute atomic E-state index is 0.379. The van der Waals surface area contributed by atoms with E-state index in [9.17, 15) is 8.42 Å². The third kappa shape index (κ3) is 6.01. The van der Waals surface area contributed by atoms with Crippen LogP contribution in [0.5, 0.6) is 0 Å². The van der Waals surface area contributed by atoms with Gasteiger partial charge in [0.25, 0.3) is 0 Å². The van der Waals surface area contributed by atoms with Gasteiger partial charge in [-0.25, -0.2) is 13.1 Å². The van der Waals surface area contributed by atoms with E-state index in [0.717, 1.165) is 17.0 Å². The molecular weight excluding hydrogens is 310 g/mol. The normalized spacial score (nSPS) is 12.2. The van der Waals surface area contributed by atoms with E-state index in [-0.39, 0.29) is 0 Å². The molecule has 0 bridgehead atoms. The van der Waals surface area contributed by atoms with E-state index in [1.807, 2.05) is 25.9 Å². The first-order chi connectivity index (χ1) is 9.90. The molecular formula is C13H25N3O3S2. The van der Waals surface area contributed by atoms with Crippen LogP contribution in [-0.2, 0) is 21.3 Å². The van der Waals surface area contributed by atoms with E-state index in [2.05, 4.69) is 10.0 Å². The van der Waals surface area contributed by atoms with Gasteiger partial charge in [-0.2, -0.15) is 0 Å². The van der Waals surface area contributed by atoms with Crippen LogP contribution in [0.3, 0.4) is 0 Å². The summed E-state index contributed by atoms with van der Waals surface area (Å²) in [5.41, 5.74) is 1.01. The molecule has 0 unspecified atom stereocenters. The molecule has 0 radical (unpaired) electrons. The Bertz CT molecular complexity index is 529. The van der Waals surface area contributed by atoms with Crippen molar-refractivity contribution in [3.8, 4) is 0 Å². The Morgan fingerprint density at radius 2 is 2.10 bits per heavy atom. The number of ether oxygens (including phenoxy) is 1. The third-order valence-corrected chi connectivity index (χ3v) is 6.23. The molecule has 0 amide bonds. The number of hydrogen-bond acceptors (Lipinski definition) is 6. The van der Waals surface area contributed by atoms with Gasteiger partial charge in [0, 0.05) is 38.2 Å². The van der Waals surface area contributed by atoms with Crippen molar-refractivity contribution in [3.63, 3.8) is 0 Å². The van der Waals surface area contributed by atoms with Crippen molar-refractivity contribution in [2.75, 3.05) is 47.4 Å². The highest BCUT2D eigenvalue weighted by atomic mass is 32.2. The smallest absolute Gasteiger partial charge is 0.250 e. The van der Waals surface area contributed by atoms with Crippen molar-refractivity contribution < 1.29 is 13.2 Å². The second-order valence-electron chi connectivity index (χ2n) is 4.90. The number of sulfonamides is 1. The maximum atomic E-state index is 12.2. The van der Waals surface area contributed by atoms with E-state index in [4.69, 9.17) is 4.74 Å². The molecule has 0 fully saturated rings. The summed E-state index contributed by atoms with van der Waals surface area (Å²) in [6, 6.07) is 1.73. The standard InChI is InChI=1S/C13H25N3O3S2/c1-11-9-13(20-12(11)10-14-2)21(17,18)15-5-6-16(3)7-8-19-4/h9,14-15H,5-8,10H2,1-4H3. The number of aryl methyl sites for hydroxylation is 1. The molecule has 0 aromatic carbocycles. The number of nitrogens with zero attached hydrogens (tertiary/aromatic N) is 1. The average molecular weight is 335 g/mol. The number of likely N-dealkylation sites (N-methyl/N-ethyl adjacent to an activating group) is 1. The van der Waals surface area contributed by atoms with Crippen LogP contribution in [0.1, 0.15) is 10.4 Å². The lowest BCUT2D eigenvalue weighted by atomic mass is 10.3. The summed E-state index contributed by atoms with van der Waals surface area (Å²) in [7, 11) is 2.02. The predicted octanol–water partition coefficient (Wildman–Crippen LogP) is 0.632. The van der Waals surface area contributed by atoms with Gasteiger partial charge in [-0.15, -0.1) is 11.3 Å². The summed E-state index contributed by atoms with van der Waals surface area (Å²) in [6.45, 7) is 5.08. The summed E-state index contributed by atoms with van der Waals surface area (Å²) < 4.78 is 32.5. The van der Waals surface area contributed by atoms with E-state index in [1.165, 1.54) is 11.3 Å². The third-order valence-electron chi connectivity index (χ3n) is 3.06. The fraction of sp³-hybridized carbons (Fsp3) is 0.692. The summed E-state index contributed by atoms with van der Waals surface area (Å²) in [5.74, 6) is 0. The van der Waals surface area contributed by atoms with Crippen molar-refractivity contribution >= 4 is 21.4 Å². The molecule has 6 nitrogen and oxygen atoms in total. The highest BCUT2D eigenvalue weighted by molar-refractivity contribution is 7.91. The Morgan fingerprint density at radius 3 is 2.71 bits per heavy atom. The summed E-state index contributed by atoms with van der Waals surface area (Å²) in [5, 5.41) is 3.04. The Hall–Kier alpha value is -0.510. The largest absolute Gasteiger partial charge is 0.383 e. The molecule has 0 aliphatic carbocycles. The first kappa shape index (κ1) is 18.5. The molecule has 0 saturated heterocycles. The topological polar surface area (TPSA) is 70.7 Å². The maximum Gasteiger partial charge on any atom is 0.250 e. The molecule has 21 heavy (non-hydrogen) atoms. The first-order valence-corrected chi connectivity index (χ1v) is 9.11. The van der Waals surface area contributed by atoms with Gasteiger partial charge >= 0.3 is 0 Å². The predicted molar refractivity (Wildman–Crippen MR) is 86.4 cm³/mol. The highest BCUT2D eigenvalue weighted by Crippen LogP contribution is 2.25. The van der Waals surface area contributed by atoms with Crippen LogP contribution in [0, 0.1) is 6.92 Å². The Labute approximate surface area is 131 Å². The molecule has 1 aromatic heterocycles. The van der Waals surface area contributed by atoms with Gasteiger partial charge in [0.05, 0.1) is 6.61 Å². The second-order valence-corrected chi connectivity index (χ2v) is 8.03. The van der Waals surface area contributed by atoms with Crippen molar-refractivity contribution in [2.24, 2.45) is 0 Å². The molecule has 122 valence electrons. The first-order valence-electron chi connectivity index (χ1n) is 6.81. The monoisotopic (exact) mass is 335 g/mol. The maximum absolute atomic E-state index is 12.2. The van der Waals surface area contributed by atoms with Crippen LogP contribution >= 0.6 is 11.3 Å². The zero-order chi connectivity index (χ0) is 15.9. The van der Waals surface area contributed by atoms with E-state index >= 15 is 0 Å². The molecule has 0 atom stereocenters. The van der Waals surface area contributed by atoms with Crippen LogP contribution in [0.2, 0.25) is 0 Å². The lowest BCUT2D eigenvalue weighted by molar-refractivity contribution is 0.162. The Morgan fingerprint density at radius 1 is 1.38 bits per heavy atom. The number of nitrogens with one attached hydrogen (secondary N) is 2. The number of methoxy groups -OCH3 is 1. The lowest BCUT2D eigenvalue weighted by Crippen LogP contribution is -2.34. The minimum atomic E-state index is -3.41. The zero-order valence-corrected chi connectivity index (χ0v) is 14.7. The molecule has 1 heterocycles. The SMILES string of the molecule is CNCc1sc(S(=O)(=O)NCCN(C)CCOC)cc1C. The summed E-state index contributed by atoms with van der Waals surface area (Å²) in [6.07, 6.45) is 0. The van der Waals surface area contributed by atoms with E-state index in [0.29, 0.717) is 30.5 Å².